The molecule has 0 heterocycles. The lowest BCUT2D eigenvalue weighted by Crippen LogP contribution is -2.11. The lowest BCUT2D eigenvalue weighted by molar-refractivity contribution is -0.385. The second kappa shape index (κ2) is 6.81. The second-order valence-electron chi connectivity index (χ2n) is 4.40. The van der Waals surface area contributed by atoms with Gasteiger partial charge in [-0.25, -0.2) is 4.39 Å². The predicted molar refractivity (Wildman–Crippen MR) is 77.0 cm³/mol. The molecule has 0 amide bonds. The summed E-state index contributed by atoms with van der Waals surface area (Å²) in [5.41, 5.74) is 0.706. The Hall–Kier alpha value is -2.47. The van der Waals surface area contributed by atoms with E-state index in [1.807, 2.05) is 19.1 Å². The maximum absolute atomic E-state index is 13.8. The van der Waals surface area contributed by atoms with Crippen molar-refractivity contribution in [2.75, 3.05) is 6.54 Å². The third kappa shape index (κ3) is 4.00. The van der Waals surface area contributed by atoms with Gasteiger partial charge in [-0.05, 0) is 30.3 Å². The van der Waals surface area contributed by atoms with E-state index in [2.05, 4.69) is 5.32 Å². The van der Waals surface area contributed by atoms with E-state index in [0.717, 1.165) is 18.2 Å². The first-order valence-corrected chi connectivity index (χ1v) is 6.51. The maximum Gasteiger partial charge on any atom is 0.272 e. The minimum absolute atomic E-state index is 0.0406. The summed E-state index contributed by atoms with van der Waals surface area (Å²) in [5, 5.41) is 13.7. The van der Waals surface area contributed by atoms with Crippen molar-refractivity contribution in [3.8, 4) is 11.5 Å². The molecular formula is C15H15FN2O3. The fraction of sp³-hybridized carbons (Fsp3) is 0.200. The Balaban J connectivity index is 2.16. The molecule has 0 fully saturated rings. The highest BCUT2D eigenvalue weighted by Crippen LogP contribution is 2.27. The molecule has 0 aromatic heterocycles. The van der Waals surface area contributed by atoms with E-state index in [0.29, 0.717) is 12.3 Å². The molecule has 2 aromatic carbocycles. The highest BCUT2D eigenvalue weighted by Gasteiger charge is 2.12. The average molecular weight is 290 g/mol. The molecule has 0 unspecified atom stereocenters. The number of benzene rings is 2. The van der Waals surface area contributed by atoms with Gasteiger partial charge in [0, 0.05) is 12.6 Å². The largest absolute Gasteiger partial charge is 0.454 e. The van der Waals surface area contributed by atoms with Crippen LogP contribution in [0.1, 0.15) is 12.5 Å². The van der Waals surface area contributed by atoms with E-state index in [-0.39, 0.29) is 11.4 Å². The molecule has 5 nitrogen and oxygen atoms in total. The monoisotopic (exact) mass is 290 g/mol. The quantitative estimate of drug-likeness (QED) is 0.651. The van der Waals surface area contributed by atoms with Crippen LogP contribution in [0.3, 0.4) is 0 Å². The smallest absolute Gasteiger partial charge is 0.272 e. The first-order chi connectivity index (χ1) is 10.1. The molecule has 0 saturated heterocycles. The molecule has 0 aliphatic heterocycles. The SMILES string of the molecule is CCNCc1cccc(Oc2ccc([N+](=O)[O-])cc2F)c1. The first-order valence-electron chi connectivity index (χ1n) is 6.51. The van der Waals surface area contributed by atoms with Crippen LogP contribution >= 0.6 is 0 Å². The van der Waals surface area contributed by atoms with Gasteiger partial charge < -0.3 is 10.1 Å². The number of hydrogen-bond acceptors (Lipinski definition) is 4. The highest BCUT2D eigenvalue weighted by molar-refractivity contribution is 5.40. The lowest BCUT2D eigenvalue weighted by atomic mass is 10.2. The summed E-state index contributed by atoms with van der Waals surface area (Å²) in [4.78, 5) is 9.91. The van der Waals surface area contributed by atoms with Gasteiger partial charge in [-0.2, -0.15) is 0 Å². The Kier molecular flexibility index (Phi) is 4.84. The summed E-state index contributed by atoms with van der Waals surface area (Å²) in [7, 11) is 0. The Labute approximate surface area is 121 Å². The van der Waals surface area contributed by atoms with Crippen LogP contribution < -0.4 is 10.1 Å². The van der Waals surface area contributed by atoms with Gasteiger partial charge in [-0.15, -0.1) is 0 Å². The van der Waals surface area contributed by atoms with Crippen molar-refractivity contribution in [3.05, 3.63) is 64.0 Å². The first kappa shape index (κ1) is 14.9. The molecule has 0 radical (unpaired) electrons. The number of nitrogens with zero attached hydrogens (tertiary/aromatic N) is 1. The molecule has 0 aliphatic rings. The molecule has 110 valence electrons. The minimum atomic E-state index is -0.763. The van der Waals surface area contributed by atoms with Gasteiger partial charge in [0.15, 0.2) is 11.6 Å². The summed E-state index contributed by atoms with van der Waals surface area (Å²) in [5.74, 6) is -0.319. The van der Waals surface area contributed by atoms with Gasteiger partial charge in [0.1, 0.15) is 5.75 Å². The molecule has 1 N–H and O–H groups in total. The molecule has 2 rings (SSSR count). The van der Waals surface area contributed by atoms with E-state index >= 15 is 0 Å². The van der Waals surface area contributed by atoms with E-state index in [9.17, 15) is 14.5 Å². The molecule has 6 heteroatoms. The van der Waals surface area contributed by atoms with Crippen LogP contribution in [-0.4, -0.2) is 11.5 Å². The van der Waals surface area contributed by atoms with E-state index in [4.69, 9.17) is 4.74 Å². The van der Waals surface area contributed by atoms with E-state index < -0.39 is 10.7 Å². The summed E-state index contributed by atoms with van der Waals surface area (Å²) >= 11 is 0. The van der Waals surface area contributed by atoms with Crippen LogP contribution in [0, 0.1) is 15.9 Å². The third-order valence-corrected chi connectivity index (χ3v) is 2.83. The van der Waals surface area contributed by atoms with Crippen LogP contribution in [0.2, 0.25) is 0 Å². The van der Waals surface area contributed by atoms with Crippen molar-refractivity contribution in [2.24, 2.45) is 0 Å². The van der Waals surface area contributed by atoms with Crippen LogP contribution in [0.5, 0.6) is 11.5 Å². The molecule has 0 bridgehead atoms. The van der Waals surface area contributed by atoms with Gasteiger partial charge in [0.25, 0.3) is 5.69 Å². The molecule has 0 atom stereocenters. The number of ether oxygens (including phenoxy) is 1. The summed E-state index contributed by atoms with van der Waals surface area (Å²) in [6.45, 7) is 3.55. The van der Waals surface area contributed by atoms with Gasteiger partial charge in [0.05, 0.1) is 11.0 Å². The highest BCUT2D eigenvalue weighted by atomic mass is 19.1. The molecule has 2 aromatic rings. The van der Waals surface area contributed by atoms with Crippen molar-refractivity contribution < 1.29 is 14.1 Å². The average Bonchev–Trinajstić information content (AvgIpc) is 2.47. The molecule has 0 aliphatic carbocycles. The number of nitro benzene ring substituents is 1. The van der Waals surface area contributed by atoms with E-state index in [1.54, 1.807) is 12.1 Å². The third-order valence-electron chi connectivity index (χ3n) is 2.83. The second-order valence-corrected chi connectivity index (χ2v) is 4.40. The Morgan fingerprint density at radius 1 is 1.29 bits per heavy atom. The molecular weight excluding hydrogens is 275 g/mol. The number of nitro groups is 1. The fourth-order valence-corrected chi connectivity index (χ4v) is 1.80. The van der Waals surface area contributed by atoms with Crippen molar-refractivity contribution >= 4 is 5.69 Å². The van der Waals surface area contributed by atoms with Gasteiger partial charge >= 0.3 is 0 Å². The Bertz CT molecular complexity index is 647. The van der Waals surface area contributed by atoms with Crippen molar-refractivity contribution in [1.29, 1.82) is 0 Å². The normalized spacial score (nSPS) is 10.4. The number of rotatable bonds is 6. The van der Waals surface area contributed by atoms with Crippen LogP contribution in [0.4, 0.5) is 10.1 Å². The van der Waals surface area contributed by atoms with Crippen molar-refractivity contribution in [2.45, 2.75) is 13.5 Å². The predicted octanol–water partition coefficient (Wildman–Crippen LogP) is 3.64. The van der Waals surface area contributed by atoms with Gasteiger partial charge in [0.2, 0.25) is 0 Å². The maximum atomic E-state index is 13.8. The topological polar surface area (TPSA) is 64.4 Å². The van der Waals surface area contributed by atoms with E-state index in [1.165, 1.54) is 12.1 Å². The summed E-state index contributed by atoms with van der Waals surface area (Å²) < 4.78 is 19.2. The standard InChI is InChI=1S/C15H15FN2O3/c1-2-17-10-11-4-3-5-13(8-11)21-15-7-6-12(18(19)20)9-14(15)16/h3-9,17H,2,10H2,1H3. The van der Waals surface area contributed by atoms with Gasteiger partial charge in [-0.3, -0.25) is 10.1 Å². The number of nitrogens with one attached hydrogen (secondary N) is 1. The fourth-order valence-electron chi connectivity index (χ4n) is 1.80. The summed E-state index contributed by atoms with van der Waals surface area (Å²) in [6, 6.07) is 10.6. The van der Waals surface area contributed by atoms with Gasteiger partial charge in [-0.1, -0.05) is 19.1 Å². The van der Waals surface area contributed by atoms with Crippen molar-refractivity contribution in [3.63, 3.8) is 0 Å². The number of hydrogen-bond donors (Lipinski definition) is 1. The Morgan fingerprint density at radius 2 is 2.10 bits per heavy atom. The zero-order valence-electron chi connectivity index (χ0n) is 11.5. The molecule has 21 heavy (non-hydrogen) atoms. The zero-order chi connectivity index (χ0) is 15.2. The zero-order valence-corrected chi connectivity index (χ0v) is 11.5. The van der Waals surface area contributed by atoms with Crippen LogP contribution in [0.15, 0.2) is 42.5 Å². The molecule has 0 spiro atoms. The number of halogens is 1. The number of non-ortho nitro benzene ring substituents is 1. The lowest BCUT2D eigenvalue weighted by Gasteiger charge is -2.08. The Morgan fingerprint density at radius 3 is 2.76 bits per heavy atom. The van der Waals surface area contributed by atoms with Crippen LogP contribution in [-0.2, 0) is 6.54 Å². The molecule has 0 saturated carbocycles. The van der Waals surface area contributed by atoms with Crippen LogP contribution in [0.25, 0.3) is 0 Å². The van der Waals surface area contributed by atoms with Crippen molar-refractivity contribution in [1.82, 2.24) is 5.32 Å². The summed E-state index contributed by atoms with van der Waals surface area (Å²) in [6.07, 6.45) is 0. The minimum Gasteiger partial charge on any atom is -0.454 e.